The van der Waals surface area contributed by atoms with Crippen molar-refractivity contribution in [2.45, 2.75) is 26.3 Å². The number of aromatic nitrogens is 2. The average Bonchev–Trinajstić information content (AvgIpc) is 2.78. The molecule has 0 bridgehead atoms. The van der Waals surface area contributed by atoms with Gasteiger partial charge in [-0.25, -0.2) is 0 Å². The third-order valence-electron chi connectivity index (χ3n) is 3.45. The number of nitrogens with two attached hydrogens (primary N) is 1. The summed E-state index contributed by atoms with van der Waals surface area (Å²) in [7, 11) is 1.87. The number of rotatable bonds is 3. The average molecular weight is 251 g/mol. The van der Waals surface area contributed by atoms with Gasteiger partial charge in [-0.1, -0.05) is 0 Å². The molecular formula is C12H21N5O. The first-order chi connectivity index (χ1) is 8.47. The number of likely N-dealkylation sites (tertiary alicyclic amines) is 1. The molecule has 0 radical (unpaired) electrons. The van der Waals surface area contributed by atoms with Crippen LogP contribution in [0.2, 0.25) is 0 Å². The highest BCUT2D eigenvalue weighted by Gasteiger charge is 2.21. The summed E-state index contributed by atoms with van der Waals surface area (Å²) in [5.74, 6) is 0.00306. The first-order valence-electron chi connectivity index (χ1n) is 6.25. The van der Waals surface area contributed by atoms with Crippen LogP contribution in [-0.4, -0.2) is 46.3 Å². The number of nitrogens with zero attached hydrogens (tertiary/aromatic N) is 3. The second-order valence-corrected chi connectivity index (χ2v) is 5.00. The van der Waals surface area contributed by atoms with Crippen LogP contribution in [0.4, 0.5) is 5.69 Å². The molecule has 0 saturated carbocycles. The minimum absolute atomic E-state index is 0.00306. The van der Waals surface area contributed by atoms with Crippen molar-refractivity contribution >= 4 is 11.6 Å². The zero-order chi connectivity index (χ0) is 13.3. The molecule has 2 heterocycles. The van der Waals surface area contributed by atoms with E-state index in [1.54, 1.807) is 4.68 Å². The van der Waals surface area contributed by atoms with Crippen molar-refractivity contribution in [1.29, 1.82) is 0 Å². The molecule has 100 valence electrons. The summed E-state index contributed by atoms with van der Waals surface area (Å²) >= 11 is 0. The first-order valence-corrected chi connectivity index (χ1v) is 6.25. The number of amides is 1. The van der Waals surface area contributed by atoms with Crippen LogP contribution in [0, 0.1) is 13.8 Å². The summed E-state index contributed by atoms with van der Waals surface area (Å²) in [6.45, 7) is 5.95. The molecule has 0 unspecified atom stereocenters. The lowest BCUT2D eigenvalue weighted by atomic mass is 10.3. The fourth-order valence-corrected chi connectivity index (χ4v) is 2.34. The number of carbonyl (C=O) groups is 1. The molecule has 0 spiro atoms. The normalized spacial score (nSPS) is 20.3. The number of anilines is 1. The molecule has 1 fully saturated rings. The SMILES string of the molecule is Cc1nn(C)c(C)c1NC(=O)CN1CC[C@H](N)C1. The van der Waals surface area contributed by atoms with E-state index < -0.39 is 0 Å². The van der Waals surface area contributed by atoms with Crippen LogP contribution in [0.15, 0.2) is 0 Å². The van der Waals surface area contributed by atoms with E-state index in [1.807, 2.05) is 20.9 Å². The van der Waals surface area contributed by atoms with Gasteiger partial charge in [-0.05, 0) is 20.3 Å². The maximum absolute atomic E-state index is 12.0. The molecule has 1 aromatic heterocycles. The maximum Gasteiger partial charge on any atom is 0.238 e. The van der Waals surface area contributed by atoms with Gasteiger partial charge in [0.05, 0.1) is 23.6 Å². The van der Waals surface area contributed by atoms with Gasteiger partial charge in [0.15, 0.2) is 0 Å². The second-order valence-electron chi connectivity index (χ2n) is 5.00. The molecule has 18 heavy (non-hydrogen) atoms. The number of carbonyl (C=O) groups excluding carboxylic acids is 1. The largest absolute Gasteiger partial charge is 0.326 e. The molecule has 0 aromatic carbocycles. The molecule has 6 heteroatoms. The predicted molar refractivity (Wildman–Crippen MR) is 70.3 cm³/mol. The highest BCUT2D eigenvalue weighted by atomic mass is 16.2. The molecular weight excluding hydrogens is 230 g/mol. The van der Waals surface area contributed by atoms with E-state index in [4.69, 9.17) is 5.73 Å². The Kier molecular flexibility index (Phi) is 3.68. The fourth-order valence-electron chi connectivity index (χ4n) is 2.34. The van der Waals surface area contributed by atoms with Crippen molar-refractivity contribution < 1.29 is 4.79 Å². The molecule has 3 N–H and O–H groups in total. The zero-order valence-electron chi connectivity index (χ0n) is 11.2. The van der Waals surface area contributed by atoms with Crippen LogP contribution in [0.3, 0.4) is 0 Å². The first kappa shape index (κ1) is 13.0. The van der Waals surface area contributed by atoms with Gasteiger partial charge in [0.25, 0.3) is 0 Å². The van der Waals surface area contributed by atoms with Gasteiger partial charge in [-0.2, -0.15) is 5.10 Å². The van der Waals surface area contributed by atoms with E-state index in [0.29, 0.717) is 6.54 Å². The zero-order valence-corrected chi connectivity index (χ0v) is 11.2. The summed E-state index contributed by atoms with van der Waals surface area (Å²) in [6, 6.07) is 0.208. The van der Waals surface area contributed by atoms with Crippen molar-refractivity contribution in [3.8, 4) is 0 Å². The van der Waals surface area contributed by atoms with Crippen molar-refractivity contribution in [3.63, 3.8) is 0 Å². The second kappa shape index (κ2) is 5.07. The summed E-state index contributed by atoms with van der Waals surface area (Å²) in [5, 5.41) is 7.21. The van der Waals surface area contributed by atoms with Crippen molar-refractivity contribution in [3.05, 3.63) is 11.4 Å². The van der Waals surface area contributed by atoms with Gasteiger partial charge in [-0.15, -0.1) is 0 Å². The molecule has 1 amide bonds. The minimum Gasteiger partial charge on any atom is -0.326 e. The standard InChI is InChI=1S/C12H21N5O/c1-8-12(9(2)16(3)15-8)14-11(18)7-17-5-4-10(13)6-17/h10H,4-7,13H2,1-3H3,(H,14,18)/t10-/m0/s1. The molecule has 1 saturated heterocycles. The number of hydrogen-bond acceptors (Lipinski definition) is 4. The molecule has 2 rings (SSSR count). The summed E-state index contributed by atoms with van der Waals surface area (Å²) in [5.41, 5.74) is 8.46. The topological polar surface area (TPSA) is 76.2 Å². The number of hydrogen-bond donors (Lipinski definition) is 2. The van der Waals surface area contributed by atoms with E-state index in [-0.39, 0.29) is 11.9 Å². The summed E-state index contributed by atoms with van der Waals surface area (Å²) in [4.78, 5) is 14.0. The third kappa shape index (κ3) is 2.70. The Morgan fingerprint density at radius 2 is 2.28 bits per heavy atom. The molecule has 6 nitrogen and oxygen atoms in total. The van der Waals surface area contributed by atoms with Crippen LogP contribution in [0.5, 0.6) is 0 Å². The highest BCUT2D eigenvalue weighted by Crippen LogP contribution is 2.18. The van der Waals surface area contributed by atoms with Crippen LogP contribution in [0.25, 0.3) is 0 Å². The molecule has 0 aliphatic carbocycles. The third-order valence-corrected chi connectivity index (χ3v) is 3.45. The monoisotopic (exact) mass is 251 g/mol. The summed E-state index contributed by atoms with van der Waals surface area (Å²) < 4.78 is 1.77. The van der Waals surface area contributed by atoms with Crippen LogP contribution in [0.1, 0.15) is 17.8 Å². The van der Waals surface area contributed by atoms with Gasteiger partial charge in [0.2, 0.25) is 5.91 Å². The lowest BCUT2D eigenvalue weighted by Crippen LogP contribution is -2.33. The van der Waals surface area contributed by atoms with E-state index >= 15 is 0 Å². The van der Waals surface area contributed by atoms with Crippen molar-refractivity contribution in [1.82, 2.24) is 14.7 Å². The van der Waals surface area contributed by atoms with E-state index in [2.05, 4.69) is 15.3 Å². The molecule has 1 aliphatic rings. The Hall–Kier alpha value is -1.40. The number of aryl methyl sites for hydroxylation is 2. The van der Waals surface area contributed by atoms with Gasteiger partial charge in [0, 0.05) is 26.2 Å². The van der Waals surface area contributed by atoms with E-state index in [9.17, 15) is 4.79 Å². The number of nitrogens with one attached hydrogen (secondary N) is 1. The Balaban J connectivity index is 1.95. The van der Waals surface area contributed by atoms with Gasteiger partial charge >= 0.3 is 0 Å². The van der Waals surface area contributed by atoms with Gasteiger partial charge in [-0.3, -0.25) is 14.4 Å². The predicted octanol–water partition coefficient (Wildman–Crippen LogP) is 0.00844. The van der Waals surface area contributed by atoms with Crippen LogP contribution >= 0.6 is 0 Å². The Morgan fingerprint density at radius 1 is 1.56 bits per heavy atom. The molecule has 1 atom stereocenters. The van der Waals surface area contributed by atoms with Gasteiger partial charge in [0.1, 0.15) is 0 Å². The van der Waals surface area contributed by atoms with Crippen LogP contribution < -0.4 is 11.1 Å². The quantitative estimate of drug-likeness (QED) is 0.793. The fraction of sp³-hybridized carbons (Fsp3) is 0.667. The Morgan fingerprint density at radius 3 is 2.78 bits per heavy atom. The van der Waals surface area contributed by atoms with Crippen molar-refractivity contribution in [2.75, 3.05) is 25.0 Å². The highest BCUT2D eigenvalue weighted by molar-refractivity contribution is 5.93. The molecule has 1 aliphatic heterocycles. The molecule has 1 aromatic rings. The Labute approximate surface area is 107 Å². The van der Waals surface area contributed by atoms with Gasteiger partial charge < -0.3 is 11.1 Å². The van der Waals surface area contributed by atoms with Crippen molar-refractivity contribution in [2.24, 2.45) is 12.8 Å². The summed E-state index contributed by atoms with van der Waals surface area (Å²) in [6.07, 6.45) is 0.970. The lowest BCUT2D eigenvalue weighted by Gasteiger charge is -2.14. The minimum atomic E-state index is 0.00306. The van der Waals surface area contributed by atoms with E-state index in [0.717, 1.165) is 36.6 Å². The van der Waals surface area contributed by atoms with E-state index in [1.165, 1.54) is 0 Å². The smallest absolute Gasteiger partial charge is 0.238 e. The lowest BCUT2D eigenvalue weighted by molar-refractivity contribution is -0.117. The maximum atomic E-state index is 12.0. The van der Waals surface area contributed by atoms with Crippen LogP contribution in [-0.2, 0) is 11.8 Å². The Bertz CT molecular complexity index is 454.